The van der Waals surface area contributed by atoms with Gasteiger partial charge < -0.3 is 10.0 Å². The maximum absolute atomic E-state index is 10.9. The highest BCUT2D eigenvalue weighted by Gasteiger charge is 2.22. The smallest absolute Gasteiger partial charge is 0.317 e. The molecule has 0 amide bonds. The van der Waals surface area contributed by atoms with Crippen molar-refractivity contribution in [2.45, 2.75) is 31.8 Å². The van der Waals surface area contributed by atoms with E-state index >= 15 is 0 Å². The van der Waals surface area contributed by atoms with Crippen LogP contribution in [0.3, 0.4) is 0 Å². The zero-order valence-corrected chi connectivity index (χ0v) is 14.5. The van der Waals surface area contributed by atoms with Crippen LogP contribution in [-0.4, -0.2) is 67.7 Å². The van der Waals surface area contributed by atoms with Crippen molar-refractivity contribution in [3.8, 4) is 0 Å². The number of para-hydroxylation sites is 1. The summed E-state index contributed by atoms with van der Waals surface area (Å²) in [6.07, 6.45) is 3.24. The SMILES string of the molecule is CN(C)c1ccccc1CN1CCC[C@H](N(C)CC(=O)O)CC1. The Bertz CT molecular complexity index is 519. The summed E-state index contributed by atoms with van der Waals surface area (Å²) in [6, 6.07) is 8.92. The van der Waals surface area contributed by atoms with Gasteiger partial charge in [-0.3, -0.25) is 14.6 Å². The van der Waals surface area contributed by atoms with E-state index in [0.717, 1.165) is 38.9 Å². The molecule has 1 N–H and O–H groups in total. The van der Waals surface area contributed by atoms with Crippen molar-refractivity contribution in [1.82, 2.24) is 9.80 Å². The molecule has 1 saturated heterocycles. The van der Waals surface area contributed by atoms with Crippen LogP contribution in [0.2, 0.25) is 0 Å². The van der Waals surface area contributed by atoms with Crippen molar-refractivity contribution in [1.29, 1.82) is 0 Å². The molecule has 23 heavy (non-hydrogen) atoms. The van der Waals surface area contributed by atoms with Gasteiger partial charge in [-0.2, -0.15) is 0 Å². The third-order valence-corrected chi connectivity index (χ3v) is 4.67. The highest BCUT2D eigenvalue weighted by molar-refractivity contribution is 5.69. The number of carbonyl (C=O) groups is 1. The molecule has 5 heteroatoms. The van der Waals surface area contributed by atoms with Crippen molar-refractivity contribution in [3.63, 3.8) is 0 Å². The summed E-state index contributed by atoms with van der Waals surface area (Å²) < 4.78 is 0. The molecule has 2 rings (SSSR count). The van der Waals surface area contributed by atoms with Crippen LogP contribution in [0.15, 0.2) is 24.3 Å². The fourth-order valence-corrected chi connectivity index (χ4v) is 3.40. The van der Waals surface area contributed by atoms with E-state index in [9.17, 15) is 4.79 Å². The molecule has 1 fully saturated rings. The summed E-state index contributed by atoms with van der Waals surface area (Å²) in [5.41, 5.74) is 2.63. The Morgan fingerprint density at radius 2 is 1.96 bits per heavy atom. The third-order valence-electron chi connectivity index (χ3n) is 4.67. The third kappa shape index (κ3) is 5.22. The number of likely N-dealkylation sites (N-methyl/N-ethyl adjacent to an activating group) is 1. The second kappa shape index (κ2) is 8.31. The molecule has 1 heterocycles. The number of likely N-dealkylation sites (tertiary alicyclic amines) is 1. The number of carboxylic acid groups (broad SMARTS) is 1. The molecular formula is C18H29N3O2. The first-order chi connectivity index (χ1) is 11.0. The van der Waals surface area contributed by atoms with Gasteiger partial charge in [-0.1, -0.05) is 18.2 Å². The van der Waals surface area contributed by atoms with Gasteiger partial charge in [0.05, 0.1) is 6.54 Å². The van der Waals surface area contributed by atoms with E-state index < -0.39 is 5.97 Å². The van der Waals surface area contributed by atoms with Crippen LogP contribution in [-0.2, 0) is 11.3 Å². The molecule has 0 aromatic heterocycles. The molecule has 5 nitrogen and oxygen atoms in total. The molecule has 0 saturated carbocycles. The van der Waals surface area contributed by atoms with Crippen LogP contribution in [0.4, 0.5) is 5.69 Å². The minimum atomic E-state index is -0.742. The number of carboxylic acids is 1. The minimum absolute atomic E-state index is 0.133. The van der Waals surface area contributed by atoms with Crippen LogP contribution in [0.1, 0.15) is 24.8 Å². The van der Waals surface area contributed by atoms with Gasteiger partial charge in [-0.05, 0) is 51.0 Å². The van der Waals surface area contributed by atoms with Crippen LogP contribution in [0.5, 0.6) is 0 Å². The van der Waals surface area contributed by atoms with Crippen molar-refractivity contribution >= 4 is 11.7 Å². The molecule has 0 aliphatic carbocycles. The lowest BCUT2D eigenvalue weighted by atomic mass is 10.1. The lowest BCUT2D eigenvalue weighted by molar-refractivity contribution is -0.138. The zero-order chi connectivity index (χ0) is 16.8. The Balaban J connectivity index is 1.95. The molecular weight excluding hydrogens is 290 g/mol. The average molecular weight is 319 g/mol. The van der Waals surface area contributed by atoms with Crippen molar-refractivity contribution in [2.75, 3.05) is 45.7 Å². The van der Waals surface area contributed by atoms with E-state index in [1.54, 1.807) is 0 Å². The first-order valence-corrected chi connectivity index (χ1v) is 8.37. The van der Waals surface area contributed by atoms with E-state index in [1.807, 2.05) is 11.9 Å². The topological polar surface area (TPSA) is 47.0 Å². The number of hydrogen-bond donors (Lipinski definition) is 1. The summed E-state index contributed by atoms with van der Waals surface area (Å²) in [7, 11) is 6.09. The predicted octanol–water partition coefficient (Wildman–Crippen LogP) is 2.12. The Kier molecular flexibility index (Phi) is 6.42. The Morgan fingerprint density at radius 1 is 1.22 bits per heavy atom. The van der Waals surface area contributed by atoms with Gasteiger partial charge in [0.25, 0.3) is 0 Å². The maximum Gasteiger partial charge on any atom is 0.317 e. The summed E-state index contributed by atoms with van der Waals surface area (Å²) in [5.74, 6) is -0.742. The molecule has 0 bridgehead atoms. The van der Waals surface area contributed by atoms with Crippen LogP contribution >= 0.6 is 0 Å². The van der Waals surface area contributed by atoms with Crippen molar-refractivity contribution in [2.24, 2.45) is 0 Å². The van der Waals surface area contributed by atoms with Crippen LogP contribution < -0.4 is 4.90 Å². The molecule has 0 radical (unpaired) electrons. The summed E-state index contributed by atoms with van der Waals surface area (Å²) in [5, 5.41) is 8.96. The maximum atomic E-state index is 10.9. The Hall–Kier alpha value is -1.59. The molecule has 1 aliphatic heterocycles. The van der Waals surface area contributed by atoms with Crippen molar-refractivity contribution < 1.29 is 9.90 Å². The van der Waals surface area contributed by atoms with E-state index in [4.69, 9.17) is 5.11 Å². The first-order valence-electron chi connectivity index (χ1n) is 8.37. The van der Waals surface area contributed by atoms with Gasteiger partial charge in [0.1, 0.15) is 0 Å². The van der Waals surface area contributed by atoms with E-state index in [2.05, 4.69) is 48.2 Å². The molecule has 1 aromatic rings. The van der Waals surface area contributed by atoms with E-state index in [1.165, 1.54) is 11.3 Å². The molecule has 128 valence electrons. The fourth-order valence-electron chi connectivity index (χ4n) is 3.40. The monoisotopic (exact) mass is 319 g/mol. The van der Waals surface area contributed by atoms with Crippen LogP contribution in [0, 0.1) is 0 Å². The lowest BCUT2D eigenvalue weighted by Crippen LogP contribution is -2.36. The number of hydrogen-bond acceptors (Lipinski definition) is 4. The van der Waals surface area contributed by atoms with Crippen molar-refractivity contribution in [3.05, 3.63) is 29.8 Å². The highest BCUT2D eigenvalue weighted by Crippen LogP contribution is 2.22. The Morgan fingerprint density at radius 3 is 2.65 bits per heavy atom. The Labute approximate surface area is 139 Å². The van der Waals surface area contributed by atoms with Gasteiger partial charge in [-0.25, -0.2) is 0 Å². The second-order valence-corrected chi connectivity index (χ2v) is 6.69. The zero-order valence-electron chi connectivity index (χ0n) is 14.5. The molecule has 1 aliphatic rings. The normalized spacial score (nSPS) is 19.6. The summed E-state index contributed by atoms with van der Waals surface area (Å²) in [4.78, 5) is 17.5. The molecule has 0 spiro atoms. The lowest BCUT2D eigenvalue weighted by Gasteiger charge is -2.26. The minimum Gasteiger partial charge on any atom is -0.480 e. The average Bonchev–Trinajstić information content (AvgIpc) is 2.72. The van der Waals surface area contributed by atoms with Gasteiger partial charge in [0.15, 0.2) is 0 Å². The van der Waals surface area contributed by atoms with E-state index in [-0.39, 0.29) is 6.54 Å². The molecule has 1 aromatic carbocycles. The van der Waals surface area contributed by atoms with Gasteiger partial charge in [0.2, 0.25) is 0 Å². The standard InChI is InChI=1S/C18H29N3O2/c1-19(2)17-9-5-4-7-15(17)13-21-11-6-8-16(10-12-21)20(3)14-18(22)23/h4-5,7,9,16H,6,8,10-14H2,1-3H3,(H,22,23)/t16-/m0/s1. The highest BCUT2D eigenvalue weighted by atomic mass is 16.4. The second-order valence-electron chi connectivity index (χ2n) is 6.69. The molecule has 0 unspecified atom stereocenters. The summed E-state index contributed by atoms with van der Waals surface area (Å²) in [6.45, 7) is 3.20. The van der Waals surface area contributed by atoms with Gasteiger partial charge >= 0.3 is 5.97 Å². The quantitative estimate of drug-likeness (QED) is 0.870. The first kappa shape index (κ1) is 17.8. The fraction of sp³-hybridized carbons (Fsp3) is 0.611. The van der Waals surface area contributed by atoms with E-state index in [0.29, 0.717) is 6.04 Å². The summed E-state index contributed by atoms with van der Waals surface area (Å²) >= 11 is 0. The van der Waals surface area contributed by atoms with Gasteiger partial charge in [0, 0.05) is 32.4 Å². The van der Waals surface area contributed by atoms with Gasteiger partial charge in [-0.15, -0.1) is 0 Å². The number of rotatable bonds is 6. The van der Waals surface area contributed by atoms with Crippen LogP contribution in [0.25, 0.3) is 0 Å². The largest absolute Gasteiger partial charge is 0.480 e. The molecule has 1 atom stereocenters. The number of benzene rings is 1. The number of anilines is 1. The number of aliphatic carboxylic acids is 1. The number of nitrogens with zero attached hydrogens (tertiary/aromatic N) is 3. The predicted molar refractivity (Wildman–Crippen MR) is 94.0 cm³/mol.